The number of carbonyl (C=O) groups is 1. The normalized spacial score (nSPS) is 11.0. The van der Waals surface area contributed by atoms with Crippen LogP contribution in [0.5, 0.6) is 0 Å². The maximum atomic E-state index is 12.6. The van der Waals surface area contributed by atoms with E-state index in [0.29, 0.717) is 10.9 Å². The van der Waals surface area contributed by atoms with Gasteiger partial charge in [-0.2, -0.15) is 0 Å². The van der Waals surface area contributed by atoms with E-state index in [-0.39, 0.29) is 22.7 Å². The Balaban J connectivity index is 1.91. The van der Waals surface area contributed by atoms with Gasteiger partial charge in [0.25, 0.3) is 5.56 Å². The second-order valence-electron chi connectivity index (χ2n) is 6.64. The molecule has 0 aliphatic heterocycles. The summed E-state index contributed by atoms with van der Waals surface area (Å²) in [6.45, 7) is 5.60. The van der Waals surface area contributed by atoms with Crippen LogP contribution in [0.1, 0.15) is 17.0 Å². The molecule has 0 fully saturated rings. The van der Waals surface area contributed by atoms with E-state index in [0.717, 1.165) is 33.1 Å². The highest BCUT2D eigenvalue weighted by Gasteiger charge is 2.17. The van der Waals surface area contributed by atoms with Crippen molar-refractivity contribution in [2.75, 3.05) is 11.1 Å². The number of rotatable bonds is 4. The van der Waals surface area contributed by atoms with Gasteiger partial charge in [-0.25, -0.2) is 14.8 Å². The average molecular weight is 399 g/mol. The molecule has 146 valence electrons. The minimum atomic E-state index is -0.476. The van der Waals surface area contributed by atoms with Crippen molar-refractivity contribution in [3.63, 3.8) is 0 Å². The molecule has 3 aromatic rings. The SMILES string of the molecule is Cc1ccc(NC(=O)CSc2nc(C)nc3c2c(=O)n(C)c(=O)n3C)c(C)c1. The van der Waals surface area contributed by atoms with Gasteiger partial charge in [-0.15, -0.1) is 0 Å². The average Bonchev–Trinajstić information content (AvgIpc) is 2.64. The predicted molar refractivity (Wildman–Crippen MR) is 110 cm³/mol. The number of nitrogens with zero attached hydrogens (tertiary/aromatic N) is 4. The molecule has 2 heterocycles. The summed E-state index contributed by atoms with van der Waals surface area (Å²) in [5.41, 5.74) is 2.17. The second-order valence-corrected chi connectivity index (χ2v) is 7.60. The van der Waals surface area contributed by atoms with E-state index >= 15 is 0 Å². The summed E-state index contributed by atoms with van der Waals surface area (Å²) in [6.07, 6.45) is 0. The van der Waals surface area contributed by atoms with E-state index in [4.69, 9.17) is 0 Å². The van der Waals surface area contributed by atoms with Gasteiger partial charge in [-0.05, 0) is 32.4 Å². The third-order valence-electron chi connectivity index (χ3n) is 4.37. The lowest BCUT2D eigenvalue weighted by Gasteiger charge is -2.11. The molecule has 0 aliphatic carbocycles. The van der Waals surface area contributed by atoms with Gasteiger partial charge in [0.2, 0.25) is 5.91 Å². The summed E-state index contributed by atoms with van der Waals surface area (Å²) in [4.78, 5) is 45.7. The van der Waals surface area contributed by atoms with Crippen LogP contribution < -0.4 is 16.6 Å². The lowest BCUT2D eigenvalue weighted by molar-refractivity contribution is -0.113. The molecule has 9 heteroatoms. The Morgan fingerprint density at radius 2 is 1.82 bits per heavy atom. The number of amides is 1. The zero-order valence-electron chi connectivity index (χ0n) is 16.4. The summed E-state index contributed by atoms with van der Waals surface area (Å²) >= 11 is 1.15. The van der Waals surface area contributed by atoms with Crippen molar-refractivity contribution < 1.29 is 4.79 Å². The number of hydrogen-bond donors (Lipinski definition) is 1. The second kappa shape index (κ2) is 7.59. The minimum absolute atomic E-state index is 0.0743. The Bertz CT molecular complexity index is 1210. The minimum Gasteiger partial charge on any atom is -0.325 e. The molecule has 0 saturated carbocycles. The molecular formula is C19H21N5O3S. The van der Waals surface area contributed by atoms with Gasteiger partial charge in [0, 0.05) is 19.8 Å². The molecule has 2 aromatic heterocycles. The van der Waals surface area contributed by atoms with Crippen molar-refractivity contribution in [3.8, 4) is 0 Å². The zero-order valence-corrected chi connectivity index (χ0v) is 17.2. The summed E-state index contributed by atoms with van der Waals surface area (Å²) in [5.74, 6) is 0.293. The molecule has 0 unspecified atom stereocenters. The number of benzene rings is 1. The maximum Gasteiger partial charge on any atom is 0.332 e. The Hall–Kier alpha value is -2.94. The number of aromatic nitrogens is 4. The Kier molecular flexibility index (Phi) is 5.37. The van der Waals surface area contributed by atoms with E-state index in [1.165, 1.54) is 11.6 Å². The highest BCUT2D eigenvalue weighted by molar-refractivity contribution is 8.00. The van der Waals surface area contributed by atoms with Gasteiger partial charge in [0.05, 0.1) is 5.75 Å². The van der Waals surface area contributed by atoms with E-state index in [9.17, 15) is 14.4 Å². The molecule has 3 rings (SSSR count). The van der Waals surface area contributed by atoms with Crippen LogP contribution in [0.2, 0.25) is 0 Å². The molecule has 0 bridgehead atoms. The topological polar surface area (TPSA) is 98.9 Å². The van der Waals surface area contributed by atoms with Crippen LogP contribution in [-0.4, -0.2) is 30.8 Å². The first-order valence-electron chi connectivity index (χ1n) is 8.63. The number of fused-ring (bicyclic) bond motifs is 1. The Morgan fingerprint density at radius 1 is 1.11 bits per heavy atom. The molecule has 0 spiro atoms. The van der Waals surface area contributed by atoms with Gasteiger partial charge in [0.1, 0.15) is 16.2 Å². The lowest BCUT2D eigenvalue weighted by Crippen LogP contribution is -2.37. The van der Waals surface area contributed by atoms with Crippen molar-refractivity contribution in [1.29, 1.82) is 0 Å². The van der Waals surface area contributed by atoms with Gasteiger partial charge in [-0.3, -0.25) is 18.7 Å². The molecule has 0 saturated heterocycles. The summed E-state index contributed by atoms with van der Waals surface area (Å²) in [7, 11) is 2.96. The highest BCUT2D eigenvalue weighted by atomic mass is 32.2. The van der Waals surface area contributed by atoms with E-state index in [1.54, 1.807) is 14.0 Å². The first-order valence-corrected chi connectivity index (χ1v) is 9.62. The standard InChI is InChI=1S/C19H21N5O3S/c1-10-6-7-13(11(2)8-10)22-14(25)9-28-17-15-16(20-12(3)21-17)23(4)19(27)24(5)18(15)26/h6-8H,9H2,1-5H3,(H,22,25). The summed E-state index contributed by atoms with van der Waals surface area (Å²) in [5, 5.41) is 3.49. The molecule has 0 atom stereocenters. The number of hydrogen-bond acceptors (Lipinski definition) is 6. The molecule has 28 heavy (non-hydrogen) atoms. The van der Waals surface area contributed by atoms with E-state index in [1.807, 2.05) is 32.0 Å². The predicted octanol–water partition coefficient (Wildman–Crippen LogP) is 1.68. The number of carbonyl (C=O) groups excluding carboxylic acids is 1. The first kappa shape index (κ1) is 19.8. The molecule has 0 radical (unpaired) electrons. The molecule has 1 N–H and O–H groups in total. The molecule has 1 aromatic carbocycles. The van der Waals surface area contributed by atoms with Crippen molar-refractivity contribution in [2.45, 2.75) is 25.8 Å². The quantitative estimate of drug-likeness (QED) is 0.529. The third-order valence-corrected chi connectivity index (χ3v) is 5.35. The third kappa shape index (κ3) is 3.70. The smallest absolute Gasteiger partial charge is 0.325 e. The zero-order chi connectivity index (χ0) is 20.6. The Labute approximate surface area is 165 Å². The van der Waals surface area contributed by atoms with Crippen LogP contribution in [0.4, 0.5) is 5.69 Å². The fourth-order valence-electron chi connectivity index (χ4n) is 2.91. The first-order chi connectivity index (χ1) is 13.2. The number of nitrogens with one attached hydrogen (secondary N) is 1. The highest BCUT2D eigenvalue weighted by Crippen LogP contribution is 2.23. The van der Waals surface area contributed by atoms with Crippen molar-refractivity contribution in [2.24, 2.45) is 14.1 Å². The maximum absolute atomic E-state index is 12.6. The van der Waals surface area contributed by atoms with Gasteiger partial charge >= 0.3 is 5.69 Å². The molecule has 8 nitrogen and oxygen atoms in total. The van der Waals surface area contributed by atoms with Crippen LogP contribution in [-0.2, 0) is 18.9 Å². The summed E-state index contributed by atoms with van der Waals surface area (Å²) in [6, 6.07) is 5.79. The number of aryl methyl sites for hydroxylation is 4. The molecule has 1 amide bonds. The van der Waals surface area contributed by atoms with Crippen LogP contribution in [0.25, 0.3) is 11.0 Å². The van der Waals surface area contributed by atoms with Crippen LogP contribution in [0, 0.1) is 20.8 Å². The lowest BCUT2D eigenvalue weighted by atomic mass is 10.1. The van der Waals surface area contributed by atoms with Crippen LogP contribution in [0.15, 0.2) is 32.8 Å². The van der Waals surface area contributed by atoms with E-state index in [2.05, 4.69) is 15.3 Å². The van der Waals surface area contributed by atoms with Crippen molar-refractivity contribution in [3.05, 3.63) is 56.0 Å². The van der Waals surface area contributed by atoms with Gasteiger partial charge in [-0.1, -0.05) is 29.5 Å². The van der Waals surface area contributed by atoms with Crippen LogP contribution in [0.3, 0.4) is 0 Å². The monoisotopic (exact) mass is 399 g/mol. The van der Waals surface area contributed by atoms with Crippen molar-refractivity contribution >= 4 is 34.4 Å². The van der Waals surface area contributed by atoms with Gasteiger partial charge in [0.15, 0.2) is 5.65 Å². The van der Waals surface area contributed by atoms with Crippen LogP contribution >= 0.6 is 11.8 Å². The van der Waals surface area contributed by atoms with E-state index < -0.39 is 11.2 Å². The molecule has 0 aliphatic rings. The summed E-state index contributed by atoms with van der Waals surface area (Å²) < 4.78 is 2.33. The van der Waals surface area contributed by atoms with Gasteiger partial charge < -0.3 is 5.32 Å². The molecular weight excluding hydrogens is 378 g/mol. The largest absolute Gasteiger partial charge is 0.332 e. The fraction of sp³-hybridized carbons (Fsp3) is 0.316. The van der Waals surface area contributed by atoms with Crippen molar-refractivity contribution in [1.82, 2.24) is 19.1 Å². The number of anilines is 1. The Morgan fingerprint density at radius 3 is 2.50 bits per heavy atom. The fourth-order valence-corrected chi connectivity index (χ4v) is 3.77. The number of thioether (sulfide) groups is 1.